The molecular weight excluding hydrogens is 190 g/mol. The summed E-state index contributed by atoms with van der Waals surface area (Å²) in [5.41, 5.74) is 1.40. The Bertz CT molecular complexity index is 274. The van der Waals surface area contributed by atoms with Crippen LogP contribution in [0.25, 0.3) is 0 Å². The van der Waals surface area contributed by atoms with Crippen molar-refractivity contribution in [1.82, 2.24) is 5.32 Å². The van der Waals surface area contributed by atoms with Gasteiger partial charge in [-0.25, -0.2) is 0 Å². The standard InChI is InChI=1S/C12H19NS/c1-10-7-12(14-9-10)8-13-11-5-3-2-4-6-11/h7,9,11,13H,2-6,8H2,1H3. The van der Waals surface area contributed by atoms with Gasteiger partial charge in [-0.1, -0.05) is 19.3 Å². The Kier molecular flexibility index (Phi) is 3.60. The normalized spacial score (nSPS) is 18.6. The molecule has 2 heteroatoms. The van der Waals surface area contributed by atoms with E-state index in [1.54, 1.807) is 0 Å². The van der Waals surface area contributed by atoms with Gasteiger partial charge >= 0.3 is 0 Å². The van der Waals surface area contributed by atoms with Crippen molar-refractivity contribution in [2.24, 2.45) is 0 Å². The Balaban J connectivity index is 1.76. The number of rotatable bonds is 3. The minimum absolute atomic E-state index is 0.783. The predicted molar refractivity (Wildman–Crippen MR) is 62.8 cm³/mol. The van der Waals surface area contributed by atoms with Crippen LogP contribution >= 0.6 is 11.3 Å². The summed E-state index contributed by atoms with van der Waals surface area (Å²) in [6, 6.07) is 3.08. The van der Waals surface area contributed by atoms with Crippen molar-refractivity contribution < 1.29 is 0 Å². The first-order valence-electron chi connectivity index (χ1n) is 5.62. The lowest BCUT2D eigenvalue weighted by Gasteiger charge is -2.22. The van der Waals surface area contributed by atoms with Gasteiger partial charge in [-0.05, 0) is 36.8 Å². The molecular formula is C12H19NS. The van der Waals surface area contributed by atoms with Gasteiger partial charge in [0.1, 0.15) is 0 Å². The molecule has 0 aromatic carbocycles. The summed E-state index contributed by atoms with van der Waals surface area (Å²) in [6.07, 6.45) is 7.03. The molecule has 14 heavy (non-hydrogen) atoms. The van der Waals surface area contributed by atoms with Gasteiger partial charge in [-0.2, -0.15) is 0 Å². The van der Waals surface area contributed by atoms with Crippen molar-refractivity contribution in [2.75, 3.05) is 0 Å². The number of hydrogen-bond donors (Lipinski definition) is 1. The molecule has 0 amide bonds. The van der Waals surface area contributed by atoms with Crippen LogP contribution in [-0.2, 0) is 6.54 Å². The third kappa shape index (κ3) is 2.82. The second-order valence-electron chi connectivity index (χ2n) is 4.31. The Morgan fingerprint density at radius 3 is 2.79 bits per heavy atom. The van der Waals surface area contributed by atoms with Gasteiger partial charge in [0.2, 0.25) is 0 Å². The van der Waals surface area contributed by atoms with Gasteiger partial charge in [-0.15, -0.1) is 11.3 Å². The van der Waals surface area contributed by atoms with E-state index >= 15 is 0 Å². The van der Waals surface area contributed by atoms with Gasteiger partial charge in [0, 0.05) is 17.5 Å². The predicted octanol–water partition coefficient (Wildman–Crippen LogP) is 3.48. The number of nitrogens with one attached hydrogen (secondary N) is 1. The quantitative estimate of drug-likeness (QED) is 0.803. The molecule has 1 heterocycles. The second-order valence-corrected chi connectivity index (χ2v) is 5.30. The molecule has 1 aliphatic carbocycles. The largest absolute Gasteiger partial charge is 0.309 e. The van der Waals surface area contributed by atoms with E-state index in [-0.39, 0.29) is 0 Å². The van der Waals surface area contributed by atoms with E-state index in [1.807, 2.05) is 11.3 Å². The zero-order valence-electron chi connectivity index (χ0n) is 8.88. The SMILES string of the molecule is Cc1csc(CNC2CCCCC2)c1. The minimum atomic E-state index is 0.783. The van der Waals surface area contributed by atoms with Crippen LogP contribution in [0, 0.1) is 6.92 Å². The highest BCUT2D eigenvalue weighted by molar-refractivity contribution is 7.10. The molecule has 1 fully saturated rings. The fourth-order valence-corrected chi connectivity index (χ4v) is 2.96. The fraction of sp³-hybridized carbons (Fsp3) is 0.667. The summed E-state index contributed by atoms with van der Waals surface area (Å²) in [5, 5.41) is 5.90. The molecule has 0 bridgehead atoms. The van der Waals surface area contributed by atoms with Crippen LogP contribution in [0.5, 0.6) is 0 Å². The van der Waals surface area contributed by atoms with Crippen molar-refractivity contribution in [3.05, 3.63) is 21.9 Å². The van der Waals surface area contributed by atoms with E-state index < -0.39 is 0 Å². The Morgan fingerprint density at radius 2 is 2.14 bits per heavy atom. The van der Waals surface area contributed by atoms with E-state index in [2.05, 4.69) is 23.7 Å². The first kappa shape index (κ1) is 10.2. The van der Waals surface area contributed by atoms with Crippen LogP contribution in [0.2, 0.25) is 0 Å². The maximum absolute atomic E-state index is 3.66. The van der Waals surface area contributed by atoms with Crippen LogP contribution in [0.1, 0.15) is 42.5 Å². The van der Waals surface area contributed by atoms with Crippen LogP contribution in [0.4, 0.5) is 0 Å². The van der Waals surface area contributed by atoms with E-state index in [4.69, 9.17) is 0 Å². The monoisotopic (exact) mass is 209 g/mol. The van der Waals surface area contributed by atoms with Crippen molar-refractivity contribution in [3.63, 3.8) is 0 Å². The van der Waals surface area contributed by atoms with Crippen LogP contribution in [0.3, 0.4) is 0 Å². The van der Waals surface area contributed by atoms with Gasteiger partial charge in [0.05, 0.1) is 0 Å². The molecule has 1 aliphatic rings. The lowest BCUT2D eigenvalue weighted by atomic mass is 9.95. The van der Waals surface area contributed by atoms with E-state index in [0.717, 1.165) is 12.6 Å². The average molecular weight is 209 g/mol. The molecule has 0 aliphatic heterocycles. The van der Waals surface area contributed by atoms with Crippen molar-refractivity contribution in [1.29, 1.82) is 0 Å². The van der Waals surface area contributed by atoms with Crippen LogP contribution in [-0.4, -0.2) is 6.04 Å². The third-order valence-corrected chi connectivity index (χ3v) is 4.01. The average Bonchev–Trinajstić information content (AvgIpc) is 2.63. The van der Waals surface area contributed by atoms with E-state index in [0.29, 0.717) is 0 Å². The van der Waals surface area contributed by atoms with Gasteiger partial charge < -0.3 is 5.32 Å². The molecule has 1 aromatic rings. The third-order valence-electron chi connectivity index (χ3n) is 2.95. The van der Waals surface area contributed by atoms with Crippen molar-refractivity contribution >= 4 is 11.3 Å². The molecule has 78 valence electrons. The minimum Gasteiger partial charge on any atom is -0.309 e. The summed E-state index contributed by atoms with van der Waals surface area (Å²) in [7, 11) is 0. The Labute approximate surface area is 90.5 Å². The lowest BCUT2D eigenvalue weighted by molar-refractivity contribution is 0.373. The van der Waals surface area contributed by atoms with E-state index in [9.17, 15) is 0 Å². The fourth-order valence-electron chi connectivity index (χ4n) is 2.13. The van der Waals surface area contributed by atoms with E-state index in [1.165, 1.54) is 42.5 Å². The first-order chi connectivity index (χ1) is 6.84. The summed E-state index contributed by atoms with van der Waals surface area (Å²) >= 11 is 1.88. The molecule has 0 unspecified atom stereocenters. The molecule has 0 saturated heterocycles. The Morgan fingerprint density at radius 1 is 1.36 bits per heavy atom. The highest BCUT2D eigenvalue weighted by atomic mass is 32.1. The molecule has 0 spiro atoms. The first-order valence-corrected chi connectivity index (χ1v) is 6.50. The second kappa shape index (κ2) is 4.94. The van der Waals surface area contributed by atoms with Crippen molar-refractivity contribution in [3.8, 4) is 0 Å². The number of thiophene rings is 1. The van der Waals surface area contributed by atoms with Gasteiger partial charge in [-0.3, -0.25) is 0 Å². The molecule has 1 saturated carbocycles. The molecule has 2 rings (SSSR count). The Hall–Kier alpha value is -0.340. The summed E-state index contributed by atoms with van der Waals surface area (Å²) in [4.78, 5) is 1.48. The molecule has 1 N–H and O–H groups in total. The zero-order chi connectivity index (χ0) is 9.80. The summed E-state index contributed by atoms with van der Waals surface area (Å²) < 4.78 is 0. The van der Waals surface area contributed by atoms with Crippen LogP contribution < -0.4 is 5.32 Å². The maximum atomic E-state index is 3.66. The van der Waals surface area contributed by atoms with Gasteiger partial charge in [0.15, 0.2) is 0 Å². The number of hydrogen-bond acceptors (Lipinski definition) is 2. The summed E-state index contributed by atoms with van der Waals surface area (Å²) in [5.74, 6) is 0. The van der Waals surface area contributed by atoms with Gasteiger partial charge in [0.25, 0.3) is 0 Å². The number of aryl methyl sites for hydroxylation is 1. The van der Waals surface area contributed by atoms with Crippen LogP contribution in [0.15, 0.2) is 11.4 Å². The molecule has 1 nitrogen and oxygen atoms in total. The molecule has 1 aromatic heterocycles. The summed E-state index contributed by atoms with van der Waals surface area (Å²) in [6.45, 7) is 3.24. The topological polar surface area (TPSA) is 12.0 Å². The highest BCUT2D eigenvalue weighted by Crippen LogP contribution is 2.19. The molecule has 0 atom stereocenters. The maximum Gasteiger partial charge on any atom is 0.0302 e. The van der Waals surface area contributed by atoms with Crippen molar-refractivity contribution in [2.45, 2.75) is 51.6 Å². The highest BCUT2D eigenvalue weighted by Gasteiger charge is 2.12. The molecule has 0 radical (unpaired) electrons. The zero-order valence-corrected chi connectivity index (χ0v) is 9.70. The smallest absolute Gasteiger partial charge is 0.0302 e. The lowest BCUT2D eigenvalue weighted by Crippen LogP contribution is -2.30.